The highest BCUT2D eigenvalue weighted by atomic mass is 16.5. The van der Waals surface area contributed by atoms with Crippen LogP contribution in [-0.2, 0) is 6.42 Å². The number of fused-ring (bicyclic) bond motifs is 1. The predicted octanol–water partition coefficient (Wildman–Crippen LogP) is 2.58. The number of ether oxygens (including phenoxy) is 1. The fraction of sp³-hybridized carbons (Fsp3) is 0.500. The van der Waals surface area contributed by atoms with E-state index in [0.717, 1.165) is 25.1 Å². The van der Waals surface area contributed by atoms with Gasteiger partial charge in [-0.05, 0) is 42.5 Å². The van der Waals surface area contributed by atoms with Crippen LogP contribution < -0.4 is 10.1 Å². The van der Waals surface area contributed by atoms with Gasteiger partial charge in [0.15, 0.2) is 0 Å². The average molecular weight is 230 g/mol. The van der Waals surface area contributed by atoms with Gasteiger partial charge in [-0.1, -0.05) is 6.07 Å². The Morgan fingerprint density at radius 1 is 1.53 bits per heavy atom. The Bertz CT molecular complexity index is 423. The molecular weight excluding hydrogens is 212 g/mol. The molecule has 17 heavy (non-hydrogen) atoms. The molecule has 0 heterocycles. The van der Waals surface area contributed by atoms with E-state index in [1.54, 1.807) is 7.11 Å². The minimum Gasteiger partial charge on any atom is -0.497 e. The van der Waals surface area contributed by atoms with Crippen LogP contribution in [0.2, 0.25) is 0 Å². The molecule has 0 saturated carbocycles. The van der Waals surface area contributed by atoms with Crippen molar-refractivity contribution in [2.24, 2.45) is 0 Å². The van der Waals surface area contributed by atoms with Crippen LogP contribution in [0.5, 0.6) is 5.75 Å². The summed E-state index contributed by atoms with van der Waals surface area (Å²) in [6.07, 6.45) is 4.06. The summed E-state index contributed by atoms with van der Waals surface area (Å²) in [5.41, 5.74) is 2.75. The van der Waals surface area contributed by atoms with Crippen molar-refractivity contribution in [1.29, 1.82) is 5.26 Å². The second-order valence-corrected chi connectivity index (χ2v) is 4.37. The lowest BCUT2D eigenvalue weighted by Gasteiger charge is -2.26. The van der Waals surface area contributed by atoms with Gasteiger partial charge in [-0.25, -0.2) is 0 Å². The first kappa shape index (κ1) is 11.9. The SMILES string of the molecule is COc1ccc2c(c1)CCC[C@H]2NCCC#N. The number of benzene rings is 1. The van der Waals surface area contributed by atoms with E-state index in [1.165, 1.54) is 17.5 Å². The van der Waals surface area contributed by atoms with Crippen molar-refractivity contribution in [1.82, 2.24) is 5.32 Å². The van der Waals surface area contributed by atoms with Crippen molar-refractivity contribution in [3.05, 3.63) is 29.3 Å². The molecule has 90 valence electrons. The number of aryl methyl sites for hydroxylation is 1. The van der Waals surface area contributed by atoms with Gasteiger partial charge in [0, 0.05) is 19.0 Å². The van der Waals surface area contributed by atoms with E-state index < -0.39 is 0 Å². The van der Waals surface area contributed by atoms with E-state index in [2.05, 4.69) is 23.5 Å². The van der Waals surface area contributed by atoms with E-state index >= 15 is 0 Å². The van der Waals surface area contributed by atoms with Gasteiger partial charge in [0.25, 0.3) is 0 Å². The molecule has 0 aliphatic heterocycles. The smallest absolute Gasteiger partial charge is 0.119 e. The van der Waals surface area contributed by atoms with Crippen LogP contribution in [-0.4, -0.2) is 13.7 Å². The van der Waals surface area contributed by atoms with Crippen LogP contribution in [0.1, 0.15) is 36.4 Å². The van der Waals surface area contributed by atoms with E-state index in [-0.39, 0.29) is 0 Å². The van der Waals surface area contributed by atoms with Gasteiger partial charge in [0.1, 0.15) is 5.75 Å². The molecule has 3 heteroatoms. The highest BCUT2D eigenvalue weighted by Gasteiger charge is 2.19. The summed E-state index contributed by atoms with van der Waals surface area (Å²) in [6, 6.07) is 8.87. The highest BCUT2D eigenvalue weighted by molar-refractivity contribution is 5.39. The number of rotatable bonds is 4. The summed E-state index contributed by atoms with van der Waals surface area (Å²) in [4.78, 5) is 0. The summed E-state index contributed by atoms with van der Waals surface area (Å²) in [5.74, 6) is 0.932. The Hall–Kier alpha value is -1.53. The summed E-state index contributed by atoms with van der Waals surface area (Å²) >= 11 is 0. The molecule has 1 aliphatic rings. The lowest BCUT2D eigenvalue weighted by atomic mass is 9.87. The largest absolute Gasteiger partial charge is 0.497 e. The van der Waals surface area contributed by atoms with Gasteiger partial charge in [-0.15, -0.1) is 0 Å². The molecule has 1 N–H and O–H groups in total. The minimum atomic E-state index is 0.401. The first-order valence-corrected chi connectivity index (χ1v) is 6.12. The monoisotopic (exact) mass is 230 g/mol. The van der Waals surface area contributed by atoms with Crippen LogP contribution in [0.15, 0.2) is 18.2 Å². The second-order valence-electron chi connectivity index (χ2n) is 4.37. The Balaban J connectivity index is 2.11. The molecule has 3 nitrogen and oxygen atoms in total. The number of nitrogens with one attached hydrogen (secondary N) is 1. The summed E-state index contributed by atoms with van der Waals surface area (Å²) in [6.45, 7) is 0.770. The van der Waals surface area contributed by atoms with E-state index in [1.807, 2.05) is 6.07 Å². The number of nitrogens with zero attached hydrogens (tertiary/aromatic N) is 1. The highest BCUT2D eigenvalue weighted by Crippen LogP contribution is 2.31. The van der Waals surface area contributed by atoms with Gasteiger partial charge >= 0.3 is 0 Å². The molecule has 0 aromatic heterocycles. The lowest BCUT2D eigenvalue weighted by molar-refractivity contribution is 0.411. The number of hydrogen-bond donors (Lipinski definition) is 1. The fourth-order valence-corrected chi connectivity index (χ4v) is 2.43. The molecule has 0 bridgehead atoms. The van der Waals surface area contributed by atoms with Crippen LogP contribution in [0.25, 0.3) is 0 Å². The van der Waals surface area contributed by atoms with Gasteiger partial charge in [0.05, 0.1) is 13.2 Å². The maximum Gasteiger partial charge on any atom is 0.119 e. The van der Waals surface area contributed by atoms with Crippen molar-refractivity contribution in [3.63, 3.8) is 0 Å². The van der Waals surface area contributed by atoms with Crippen LogP contribution >= 0.6 is 0 Å². The first-order valence-electron chi connectivity index (χ1n) is 6.12. The number of methoxy groups -OCH3 is 1. The average Bonchev–Trinajstić information content (AvgIpc) is 2.38. The van der Waals surface area contributed by atoms with E-state index in [9.17, 15) is 0 Å². The van der Waals surface area contributed by atoms with Crippen molar-refractivity contribution in [2.45, 2.75) is 31.7 Å². The third-order valence-electron chi connectivity index (χ3n) is 3.29. The second kappa shape index (κ2) is 5.70. The van der Waals surface area contributed by atoms with Crippen molar-refractivity contribution < 1.29 is 4.74 Å². The standard InChI is InChI=1S/C14H18N2O/c1-17-12-6-7-13-11(10-12)4-2-5-14(13)16-9-3-8-15/h6-7,10,14,16H,2-5,9H2,1H3/t14-/m1/s1. The first-order chi connectivity index (χ1) is 8.35. The summed E-state index contributed by atoms with van der Waals surface area (Å²) in [7, 11) is 1.70. The maximum absolute atomic E-state index is 8.55. The molecule has 1 aromatic rings. The van der Waals surface area contributed by atoms with Crippen LogP contribution in [0, 0.1) is 11.3 Å². The fourth-order valence-electron chi connectivity index (χ4n) is 2.43. The molecule has 0 fully saturated rings. The van der Waals surface area contributed by atoms with Crippen LogP contribution in [0.4, 0.5) is 0 Å². The quantitative estimate of drug-likeness (QED) is 0.808. The Morgan fingerprint density at radius 2 is 2.41 bits per heavy atom. The number of nitriles is 1. The van der Waals surface area contributed by atoms with E-state index in [4.69, 9.17) is 10.00 Å². The molecule has 1 aliphatic carbocycles. The Morgan fingerprint density at radius 3 is 3.18 bits per heavy atom. The van der Waals surface area contributed by atoms with Crippen molar-refractivity contribution >= 4 is 0 Å². The summed E-state index contributed by atoms with van der Waals surface area (Å²) in [5, 5.41) is 12.0. The van der Waals surface area contributed by atoms with Gasteiger partial charge < -0.3 is 10.1 Å². The van der Waals surface area contributed by atoms with Crippen molar-refractivity contribution in [2.75, 3.05) is 13.7 Å². The zero-order valence-corrected chi connectivity index (χ0v) is 10.2. The molecule has 0 saturated heterocycles. The minimum absolute atomic E-state index is 0.401. The number of hydrogen-bond acceptors (Lipinski definition) is 3. The van der Waals surface area contributed by atoms with Gasteiger partial charge in [-0.2, -0.15) is 5.26 Å². The third kappa shape index (κ3) is 2.78. The molecule has 0 spiro atoms. The molecular formula is C14H18N2O. The van der Waals surface area contributed by atoms with Gasteiger partial charge in [0.2, 0.25) is 0 Å². The zero-order valence-electron chi connectivity index (χ0n) is 10.2. The van der Waals surface area contributed by atoms with Gasteiger partial charge in [-0.3, -0.25) is 0 Å². The Kier molecular flexibility index (Phi) is 4.00. The van der Waals surface area contributed by atoms with Crippen molar-refractivity contribution in [3.8, 4) is 11.8 Å². The van der Waals surface area contributed by atoms with E-state index in [0.29, 0.717) is 12.5 Å². The maximum atomic E-state index is 8.55. The summed E-state index contributed by atoms with van der Waals surface area (Å²) < 4.78 is 5.25. The molecule has 1 aromatic carbocycles. The normalized spacial score (nSPS) is 18.2. The van der Waals surface area contributed by atoms with Crippen LogP contribution in [0.3, 0.4) is 0 Å². The predicted molar refractivity (Wildman–Crippen MR) is 66.9 cm³/mol. The third-order valence-corrected chi connectivity index (χ3v) is 3.29. The zero-order chi connectivity index (χ0) is 12.1. The Labute approximate surface area is 102 Å². The lowest BCUT2D eigenvalue weighted by Crippen LogP contribution is -2.25. The topological polar surface area (TPSA) is 45.0 Å². The molecule has 0 unspecified atom stereocenters. The molecule has 0 amide bonds. The molecule has 2 rings (SSSR count). The molecule has 0 radical (unpaired) electrons. The molecule has 1 atom stereocenters.